The van der Waals surface area contributed by atoms with E-state index in [2.05, 4.69) is 31.4 Å². The number of carboxylic acids is 1. The third-order valence-corrected chi connectivity index (χ3v) is 3.90. The molecule has 2 amide bonds. The predicted octanol–water partition coefficient (Wildman–Crippen LogP) is 1.99. The highest BCUT2D eigenvalue weighted by atomic mass is 16.5. The average Bonchev–Trinajstić information content (AvgIpc) is 2.85. The van der Waals surface area contributed by atoms with Gasteiger partial charge in [0.15, 0.2) is 0 Å². The number of urea groups is 1. The quantitative estimate of drug-likeness (QED) is 0.598. The summed E-state index contributed by atoms with van der Waals surface area (Å²) in [5.74, 6) is -1.59. The molecule has 122 valence electrons. The monoisotopic (exact) mass is 300 g/mol. The third kappa shape index (κ3) is 6.33. The van der Waals surface area contributed by atoms with Crippen LogP contribution in [0.25, 0.3) is 0 Å². The molecular weight excluding hydrogens is 272 g/mol. The molecule has 2 unspecified atom stereocenters. The van der Waals surface area contributed by atoms with Gasteiger partial charge >= 0.3 is 12.0 Å². The molecule has 0 aromatic rings. The summed E-state index contributed by atoms with van der Waals surface area (Å²) in [6, 6.07) is -0.772. The number of rotatable bonds is 8. The first-order chi connectivity index (χ1) is 9.85. The molecule has 1 aliphatic heterocycles. The van der Waals surface area contributed by atoms with Gasteiger partial charge in [0.2, 0.25) is 0 Å². The van der Waals surface area contributed by atoms with E-state index < -0.39 is 17.9 Å². The van der Waals surface area contributed by atoms with Gasteiger partial charge < -0.3 is 20.5 Å². The maximum Gasteiger partial charge on any atom is 0.315 e. The summed E-state index contributed by atoms with van der Waals surface area (Å²) in [6.07, 6.45) is 4.60. The van der Waals surface area contributed by atoms with Crippen molar-refractivity contribution in [2.45, 2.75) is 52.5 Å². The number of ether oxygens (including phenoxy) is 1. The highest BCUT2D eigenvalue weighted by Crippen LogP contribution is 2.22. The van der Waals surface area contributed by atoms with E-state index in [1.807, 2.05) is 0 Å². The first-order valence-electron chi connectivity index (χ1n) is 7.70. The van der Waals surface area contributed by atoms with Gasteiger partial charge in [0, 0.05) is 6.54 Å². The lowest BCUT2D eigenvalue weighted by molar-refractivity contribution is -0.142. The van der Waals surface area contributed by atoms with Crippen molar-refractivity contribution in [1.29, 1.82) is 0 Å². The number of carboxylic acid groups (broad SMARTS) is 1. The second kappa shape index (κ2) is 8.22. The first-order valence-corrected chi connectivity index (χ1v) is 7.70. The maximum absolute atomic E-state index is 11.9. The summed E-state index contributed by atoms with van der Waals surface area (Å²) in [5, 5.41) is 14.6. The lowest BCUT2D eigenvalue weighted by Gasteiger charge is -2.25. The van der Waals surface area contributed by atoms with Crippen molar-refractivity contribution in [3.05, 3.63) is 0 Å². The van der Waals surface area contributed by atoms with Crippen LogP contribution in [0.1, 0.15) is 46.5 Å². The minimum absolute atomic E-state index is 0.0465. The zero-order valence-electron chi connectivity index (χ0n) is 13.3. The Bertz CT molecular complexity index is 358. The van der Waals surface area contributed by atoms with Crippen LogP contribution in [0.2, 0.25) is 0 Å². The zero-order valence-corrected chi connectivity index (χ0v) is 13.3. The summed E-state index contributed by atoms with van der Waals surface area (Å²) in [5.41, 5.74) is 0.0465. The molecule has 0 bridgehead atoms. The van der Waals surface area contributed by atoms with Crippen molar-refractivity contribution in [3.8, 4) is 0 Å². The molecule has 0 saturated carbocycles. The van der Waals surface area contributed by atoms with Crippen LogP contribution in [0.5, 0.6) is 0 Å². The molecule has 0 radical (unpaired) electrons. The second-order valence-corrected chi connectivity index (χ2v) is 6.54. The topological polar surface area (TPSA) is 87.7 Å². The van der Waals surface area contributed by atoms with Crippen molar-refractivity contribution < 1.29 is 19.4 Å². The molecule has 1 rings (SSSR count). The Morgan fingerprint density at radius 2 is 2.00 bits per heavy atom. The molecule has 1 saturated heterocycles. The van der Waals surface area contributed by atoms with Crippen molar-refractivity contribution in [1.82, 2.24) is 10.6 Å². The van der Waals surface area contributed by atoms with Gasteiger partial charge in [0.1, 0.15) is 5.92 Å². The fraction of sp³-hybridized carbons (Fsp3) is 0.867. The number of carbonyl (C=O) groups excluding carboxylic acids is 1. The number of carbonyl (C=O) groups is 2. The molecule has 1 aliphatic rings. The fourth-order valence-electron chi connectivity index (χ4n) is 2.42. The molecule has 1 fully saturated rings. The Hall–Kier alpha value is -1.30. The number of amides is 2. The zero-order chi connectivity index (χ0) is 15.9. The largest absolute Gasteiger partial charge is 0.481 e. The fourth-order valence-corrected chi connectivity index (χ4v) is 2.42. The summed E-state index contributed by atoms with van der Waals surface area (Å²) >= 11 is 0. The van der Waals surface area contributed by atoms with Gasteiger partial charge in [-0.3, -0.25) is 4.79 Å². The van der Waals surface area contributed by atoms with Crippen LogP contribution in [-0.2, 0) is 9.53 Å². The van der Waals surface area contributed by atoms with Gasteiger partial charge in [-0.05, 0) is 11.8 Å². The number of unbranched alkanes of at least 4 members (excludes halogenated alkanes) is 2. The standard InChI is InChI=1S/C15H28N2O4/c1-4-5-6-7-15(2,3)10-16-14(20)17-12-9-21-8-11(12)13(18)19/h11-12H,4-10H2,1-3H3,(H,18,19)(H2,16,17,20). The van der Waals surface area contributed by atoms with E-state index in [0.717, 1.165) is 12.8 Å². The van der Waals surface area contributed by atoms with Crippen molar-refractivity contribution in [2.75, 3.05) is 19.8 Å². The first kappa shape index (κ1) is 17.8. The van der Waals surface area contributed by atoms with Gasteiger partial charge in [-0.25, -0.2) is 4.79 Å². The van der Waals surface area contributed by atoms with E-state index in [1.165, 1.54) is 12.8 Å². The summed E-state index contributed by atoms with van der Waals surface area (Å²) in [7, 11) is 0. The molecular formula is C15H28N2O4. The normalized spacial score (nSPS) is 22.0. The van der Waals surface area contributed by atoms with Crippen molar-refractivity contribution >= 4 is 12.0 Å². The van der Waals surface area contributed by atoms with Crippen LogP contribution < -0.4 is 10.6 Å². The van der Waals surface area contributed by atoms with E-state index in [1.54, 1.807) is 0 Å². The molecule has 6 heteroatoms. The predicted molar refractivity (Wildman–Crippen MR) is 80.2 cm³/mol. The van der Waals surface area contributed by atoms with Crippen LogP contribution in [-0.4, -0.2) is 42.9 Å². The average molecular weight is 300 g/mol. The molecule has 3 N–H and O–H groups in total. The van der Waals surface area contributed by atoms with Gasteiger partial charge in [0.05, 0.1) is 19.3 Å². The lowest BCUT2D eigenvalue weighted by atomic mass is 9.87. The van der Waals surface area contributed by atoms with Crippen LogP contribution in [0.4, 0.5) is 4.79 Å². The van der Waals surface area contributed by atoms with E-state index in [4.69, 9.17) is 9.84 Å². The number of nitrogens with one attached hydrogen (secondary N) is 2. The van der Waals surface area contributed by atoms with Gasteiger partial charge in [0.25, 0.3) is 0 Å². The minimum Gasteiger partial charge on any atom is -0.481 e. The van der Waals surface area contributed by atoms with E-state index in [-0.39, 0.29) is 24.7 Å². The Balaban J connectivity index is 2.31. The number of hydrogen-bond donors (Lipinski definition) is 3. The molecule has 1 heterocycles. The molecule has 0 aliphatic carbocycles. The SMILES string of the molecule is CCCCCC(C)(C)CNC(=O)NC1COCC1C(=O)O. The van der Waals surface area contributed by atoms with E-state index in [9.17, 15) is 9.59 Å². The summed E-state index contributed by atoms with van der Waals surface area (Å²) < 4.78 is 5.12. The maximum atomic E-state index is 11.9. The van der Waals surface area contributed by atoms with Gasteiger partial charge in [-0.1, -0.05) is 40.0 Å². The lowest BCUT2D eigenvalue weighted by Crippen LogP contribution is -2.48. The van der Waals surface area contributed by atoms with Crippen LogP contribution >= 0.6 is 0 Å². The second-order valence-electron chi connectivity index (χ2n) is 6.54. The number of hydrogen-bond acceptors (Lipinski definition) is 3. The Kier molecular flexibility index (Phi) is 6.95. The van der Waals surface area contributed by atoms with Crippen molar-refractivity contribution in [3.63, 3.8) is 0 Å². The Morgan fingerprint density at radius 3 is 2.62 bits per heavy atom. The van der Waals surface area contributed by atoms with Gasteiger partial charge in [-0.2, -0.15) is 0 Å². The van der Waals surface area contributed by atoms with Crippen LogP contribution in [0, 0.1) is 11.3 Å². The minimum atomic E-state index is -0.933. The van der Waals surface area contributed by atoms with Crippen molar-refractivity contribution in [2.24, 2.45) is 11.3 Å². The van der Waals surface area contributed by atoms with Gasteiger partial charge in [-0.15, -0.1) is 0 Å². The summed E-state index contributed by atoms with van der Waals surface area (Å²) in [4.78, 5) is 22.9. The van der Waals surface area contributed by atoms with Crippen LogP contribution in [0.15, 0.2) is 0 Å². The van der Waals surface area contributed by atoms with E-state index in [0.29, 0.717) is 6.54 Å². The molecule has 0 aromatic carbocycles. The molecule has 21 heavy (non-hydrogen) atoms. The highest BCUT2D eigenvalue weighted by Gasteiger charge is 2.35. The summed E-state index contributed by atoms with van der Waals surface area (Å²) in [6.45, 7) is 7.41. The smallest absolute Gasteiger partial charge is 0.315 e. The molecule has 6 nitrogen and oxygen atoms in total. The van der Waals surface area contributed by atoms with Crippen LogP contribution in [0.3, 0.4) is 0 Å². The number of aliphatic carboxylic acids is 1. The molecule has 0 aromatic heterocycles. The third-order valence-electron chi connectivity index (χ3n) is 3.90. The molecule has 0 spiro atoms. The highest BCUT2D eigenvalue weighted by molar-refractivity contribution is 5.77. The molecule has 2 atom stereocenters. The Morgan fingerprint density at radius 1 is 1.29 bits per heavy atom. The Labute approximate surface area is 126 Å². The van der Waals surface area contributed by atoms with E-state index >= 15 is 0 Å².